The number of alkyl halides is 3. The number of benzene rings is 1. The summed E-state index contributed by atoms with van der Waals surface area (Å²) in [4.78, 5) is 24.2. The first-order valence-corrected chi connectivity index (χ1v) is 11.7. The summed E-state index contributed by atoms with van der Waals surface area (Å²) in [5.74, 6) is -0.355. The fourth-order valence-corrected chi connectivity index (χ4v) is 5.20. The van der Waals surface area contributed by atoms with E-state index in [-0.39, 0.29) is 12.0 Å². The van der Waals surface area contributed by atoms with Crippen molar-refractivity contribution in [2.45, 2.75) is 43.6 Å². The minimum Gasteiger partial charge on any atom is -0.378 e. The van der Waals surface area contributed by atoms with Gasteiger partial charge in [0.25, 0.3) is 0 Å². The highest BCUT2D eigenvalue weighted by Crippen LogP contribution is 2.38. The maximum atomic E-state index is 14.2. The van der Waals surface area contributed by atoms with E-state index in [1.165, 1.54) is 4.90 Å². The van der Waals surface area contributed by atoms with Gasteiger partial charge in [0, 0.05) is 41.8 Å². The number of anilines is 2. The number of aliphatic imine (C=N–C) groups is 1. The van der Waals surface area contributed by atoms with E-state index >= 15 is 0 Å². The molecule has 1 saturated carbocycles. The Morgan fingerprint density at radius 2 is 1.83 bits per heavy atom. The molecule has 35 heavy (non-hydrogen) atoms. The Balaban J connectivity index is 1.51. The number of morpholine rings is 1. The molecule has 6 rings (SSSR count). The molecule has 3 N–H and O–H groups in total. The quantitative estimate of drug-likeness (QED) is 0.586. The standard InChI is InChI=1S/C23H25F3N8O/c24-23(25,26)20-29-17-12-13(27)4-5-18(17)34(20)22-31-19(15-2-1-3-16-14(15)6-7-28-16)30-21(32-22)33-8-10-35-11-9-33/h1-3,6-7,13,17-18,28H,4-5,8-12,27H2/t13?,17?,18-/m1/s1. The number of aromatic nitrogens is 4. The average molecular weight is 487 g/mol. The summed E-state index contributed by atoms with van der Waals surface area (Å²) in [6, 6.07) is 6.34. The molecule has 12 heteroatoms. The van der Waals surface area contributed by atoms with Crippen LogP contribution in [-0.2, 0) is 4.74 Å². The van der Waals surface area contributed by atoms with E-state index in [9.17, 15) is 13.2 Å². The third-order valence-corrected chi connectivity index (χ3v) is 6.88. The van der Waals surface area contributed by atoms with E-state index in [1.807, 2.05) is 35.4 Å². The molecule has 3 aliphatic rings. The lowest BCUT2D eigenvalue weighted by Crippen LogP contribution is -2.49. The number of fused-ring (bicyclic) bond motifs is 2. The smallest absolute Gasteiger partial charge is 0.378 e. The highest BCUT2D eigenvalue weighted by Gasteiger charge is 2.51. The van der Waals surface area contributed by atoms with Crippen molar-refractivity contribution in [1.82, 2.24) is 19.9 Å². The van der Waals surface area contributed by atoms with Gasteiger partial charge >= 0.3 is 6.18 Å². The van der Waals surface area contributed by atoms with Gasteiger partial charge in [0.15, 0.2) is 5.82 Å². The number of nitrogens with two attached hydrogens (primary N) is 1. The van der Waals surface area contributed by atoms with Crippen LogP contribution < -0.4 is 15.5 Å². The van der Waals surface area contributed by atoms with Crippen molar-refractivity contribution in [1.29, 1.82) is 0 Å². The van der Waals surface area contributed by atoms with E-state index in [0.717, 1.165) is 10.9 Å². The zero-order valence-electron chi connectivity index (χ0n) is 18.9. The zero-order valence-corrected chi connectivity index (χ0v) is 18.9. The lowest BCUT2D eigenvalue weighted by Gasteiger charge is -2.34. The van der Waals surface area contributed by atoms with Gasteiger partial charge in [-0.1, -0.05) is 12.1 Å². The summed E-state index contributed by atoms with van der Waals surface area (Å²) in [5.41, 5.74) is 7.66. The normalized spacial score (nSPS) is 25.1. The molecule has 3 atom stereocenters. The van der Waals surface area contributed by atoms with Crippen molar-refractivity contribution in [2.24, 2.45) is 10.7 Å². The van der Waals surface area contributed by atoms with Crippen molar-refractivity contribution < 1.29 is 17.9 Å². The van der Waals surface area contributed by atoms with Crippen LogP contribution in [0.15, 0.2) is 35.5 Å². The second-order valence-electron chi connectivity index (χ2n) is 9.13. The zero-order chi connectivity index (χ0) is 24.2. The highest BCUT2D eigenvalue weighted by atomic mass is 19.4. The summed E-state index contributed by atoms with van der Waals surface area (Å²) in [5, 5.41) is 0.880. The van der Waals surface area contributed by atoms with Crippen LogP contribution in [0.2, 0.25) is 0 Å². The van der Waals surface area contributed by atoms with Crippen LogP contribution in [0, 0.1) is 0 Å². The summed E-state index contributed by atoms with van der Waals surface area (Å²) in [6.07, 6.45) is -1.33. The maximum Gasteiger partial charge on any atom is 0.449 e. The van der Waals surface area contributed by atoms with Gasteiger partial charge in [0.05, 0.1) is 25.3 Å². The second-order valence-corrected chi connectivity index (χ2v) is 9.13. The van der Waals surface area contributed by atoms with E-state index in [0.29, 0.717) is 62.9 Å². The minimum absolute atomic E-state index is 0.0388. The fraction of sp³-hybridized carbons (Fsp3) is 0.478. The number of nitrogens with zero attached hydrogens (tertiary/aromatic N) is 6. The van der Waals surface area contributed by atoms with Crippen molar-refractivity contribution in [3.63, 3.8) is 0 Å². The van der Waals surface area contributed by atoms with Gasteiger partial charge in [-0.3, -0.25) is 9.89 Å². The molecule has 0 spiro atoms. The Morgan fingerprint density at radius 1 is 1.03 bits per heavy atom. The number of hydrogen-bond donors (Lipinski definition) is 2. The third kappa shape index (κ3) is 4.00. The molecule has 1 saturated heterocycles. The first-order chi connectivity index (χ1) is 16.9. The lowest BCUT2D eigenvalue weighted by atomic mass is 9.87. The molecule has 3 aromatic rings. The number of halogens is 3. The molecule has 2 unspecified atom stereocenters. The molecule has 2 fully saturated rings. The molecule has 1 aromatic carbocycles. The predicted octanol–water partition coefficient (Wildman–Crippen LogP) is 2.89. The van der Waals surface area contributed by atoms with Crippen molar-refractivity contribution >= 4 is 28.6 Å². The van der Waals surface area contributed by atoms with E-state index in [1.54, 1.807) is 0 Å². The molecule has 0 bridgehead atoms. The third-order valence-electron chi connectivity index (χ3n) is 6.88. The lowest BCUT2D eigenvalue weighted by molar-refractivity contribution is -0.0599. The van der Waals surface area contributed by atoms with E-state index < -0.39 is 24.1 Å². The van der Waals surface area contributed by atoms with Crippen molar-refractivity contribution in [3.05, 3.63) is 30.5 Å². The van der Waals surface area contributed by atoms with Gasteiger partial charge in [-0.05, 0) is 31.4 Å². The van der Waals surface area contributed by atoms with Crippen LogP contribution in [-0.4, -0.2) is 76.4 Å². The summed E-state index contributed by atoms with van der Waals surface area (Å²) in [6.45, 7) is 2.06. The molecule has 0 radical (unpaired) electrons. The monoisotopic (exact) mass is 486 g/mol. The topological polar surface area (TPSA) is 109 Å². The van der Waals surface area contributed by atoms with Gasteiger partial charge in [-0.25, -0.2) is 0 Å². The Kier molecular flexibility index (Phi) is 5.37. The number of amidine groups is 1. The van der Waals surface area contributed by atoms with Crippen molar-refractivity contribution in [3.8, 4) is 11.4 Å². The summed E-state index contributed by atoms with van der Waals surface area (Å²) in [7, 11) is 0. The maximum absolute atomic E-state index is 14.2. The highest BCUT2D eigenvalue weighted by molar-refractivity contribution is 6.03. The molecular weight excluding hydrogens is 461 g/mol. The molecule has 2 aliphatic heterocycles. The number of aromatic amines is 1. The molecule has 0 amide bonds. The average Bonchev–Trinajstić information content (AvgIpc) is 3.48. The van der Waals surface area contributed by atoms with Crippen LogP contribution in [0.4, 0.5) is 25.1 Å². The Labute approximate surface area is 199 Å². The summed E-state index contributed by atoms with van der Waals surface area (Å²) >= 11 is 0. The van der Waals surface area contributed by atoms with E-state index in [2.05, 4.69) is 19.9 Å². The van der Waals surface area contributed by atoms with Crippen molar-refractivity contribution in [2.75, 3.05) is 36.1 Å². The molecule has 9 nitrogen and oxygen atoms in total. The predicted molar refractivity (Wildman–Crippen MR) is 126 cm³/mol. The van der Waals surface area contributed by atoms with Crippen LogP contribution >= 0.6 is 0 Å². The molecule has 4 heterocycles. The molecule has 1 aliphatic carbocycles. The Morgan fingerprint density at radius 3 is 2.63 bits per heavy atom. The van der Waals surface area contributed by atoms with Gasteiger partial charge in [-0.15, -0.1) is 0 Å². The second kappa shape index (κ2) is 8.45. The number of H-pyrrole nitrogens is 1. The number of nitrogens with one attached hydrogen (secondary N) is 1. The van der Waals surface area contributed by atoms with Crippen LogP contribution in [0.25, 0.3) is 22.3 Å². The summed E-state index contributed by atoms with van der Waals surface area (Å²) < 4.78 is 48.0. The molecule has 2 aromatic heterocycles. The minimum atomic E-state index is -4.64. The van der Waals surface area contributed by atoms with Gasteiger partial charge in [-0.2, -0.15) is 28.1 Å². The van der Waals surface area contributed by atoms with Gasteiger partial charge in [0.1, 0.15) is 0 Å². The van der Waals surface area contributed by atoms with Crippen LogP contribution in [0.1, 0.15) is 19.3 Å². The van der Waals surface area contributed by atoms with E-state index in [4.69, 9.17) is 15.5 Å². The number of hydrogen-bond acceptors (Lipinski definition) is 8. The number of rotatable bonds is 3. The largest absolute Gasteiger partial charge is 0.449 e. The first kappa shape index (κ1) is 22.2. The van der Waals surface area contributed by atoms with Crippen LogP contribution in [0.3, 0.4) is 0 Å². The number of ether oxygens (including phenoxy) is 1. The Hall–Kier alpha value is -3.25. The van der Waals surface area contributed by atoms with Gasteiger partial charge < -0.3 is 20.4 Å². The van der Waals surface area contributed by atoms with Gasteiger partial charge in [0.2, 0.25) is 17.7 Å². The molecule has 184 valence electrons. The fourth-order valence-electron chi connectivity index (χ4n) is 5.20. The van der Waals surface area contributed by atoms with Crippen LogP contribution in [0.5, 0.6) is 0 Å². The first-order valence-electron chi connectivity index (χ1n) is 11.7. The SMILES string of the molecule is NC1CC[C@@H]2C(C1)N=C(C(F)(F)F)N2c1nc(-c2cccc3[nH]ccc23)nc(N2CCOCC2)n1. The Bertz CT molecular complexity index is 1270. The molecular formula is C23H25F3N8O.